The number of sulfonamides is 1. The van der Waals surface area contributed by atoms with Gasteiger partial charge in [-0.05, 0) is 17.7 Å². The van der Waals surface area contributed by atoms with Crippen molar-refractivity contribution in [2.75, 3.05) is 6.54 Å². The number of halogens is 2. The summed E-state index contributed by atoms with van der Waals surface area (Å²) in [6, 6.07) is 13.2. The van der Waals surface area contributed by atoms with Crippen LogP contribution in [0.15, 0.2) is 53.4 Å². The Bertz CT molecular complexity index is 700. The Morgan fingerprint density at radius 1 is 1.00 bits per heavy atom. The van der Waals surface area contributed by atoms with Crippen LogP contribution in [0, 0.1) is 0 Å². The molecular formula is C14H13Cl2NO3S. The molecule has 2 N–H and O–H groups in total. The van der Waals surface area contributed by atoms with Crippen LogP contribution < -0.4 is 4.72 Å². The number of hydrogen-bond donors (Lipinski definition) is 2. The average molecular weight is 346 g/mol. The predicted octanol–water partition coefficient (Wildman–Crippen LogP) is 3.01. The summed E-state index contributed by atoms with van der Waals surface area (Å²) in [7, 11) is -3.90. The second-order valence-corrected chi connectivity index (χ2v) is 6.85. The molecule has 7 heteroatoms. The van der Waals surface area contributed by atoms with Gasteiger partial charge in [-0.2, -0.15) is 0 Å². The SMILES string of the molecule is O=S(=O)(NCC(O)c1ccccc1)c1c(Cl)cccc1Cl. The Hall–Kier alpha value is -1.11. The van der Waals surface area contributed by atoms with E-state index in [-0.39, 0.29) is 21.5 Å². The number of rotatable bonds is 5. The quantitative estimate of drug-likeness (QED) is 0.875. The maximum Gasteiger partial charge on any atom is 0.243 e. The monoisotopic (exact) mass is 345 g/mol. The van der Waals surface area contributed by atoms with Crippen molar-refractivity contribution in [1.82, 2.24) is 4.72 Å². The van der Waals surface area contributed by atoms with E-state index in [1.807, 2.05) is 6.07 Å². The molecule has 0 amide bonds. The molecule has 0 aliphatic carbocycles. The van der Waals surface area contributed by atoms with E-state index in [0.717, 1.165) is 0 Å². The van der Waals surface area contributed by atoms with E-state index in [0.29, 0.717) is 5.56 Å². The first kappa shape index (κ1) is 16.3. The molecule has 0 bridgehead atoms. The Morgan fingerprint density at radius 3 is 2.14 bits per heavy atom. The molecule has 0 heterocycles. The molecule has 0 aliphatic rings. The fourth-order valence-corrected chi connectivity index (χ4v) is 3.97. The van der Waals surface area contributed by atoms with E-state index in [4.69, 9.17) is 23.2 Å². The van der Waals surface area contributed by atoms with E-state index in [1.54, 1.807) is 30.3 Å². The molecule has 4 nitrogen and oxygen atoms in total. The minimum Gasteiger partial charge on any atom is -0.387 e. The molecule has 0 saturated heterocycles. The van der Waals surface area contributed by atoms with Crippen molar-refractivity contribution in [3.8, 4) is 0 Å². The number of aliphatic hydroxyl groups excluding tert-OH is 1. The van der Waals surface area contributed by atoms with Crippen LogP contribution in [0.1, 0.15) is 11.7 Å². The predicted molar refractivity (Wildman–Crippen MR) is 83.1 cm³/mol. The summed E-state index contributed by atoms with van der Waals surface area (Å²) in [5.41, 5.74) is 0.616. The van der Waals surface area contributed by atoms with Crippen molar-refractivity contribution in [2.45, 2.75) is 11.0 Å². The molecule has 0 saturated carbocycles. The fourth-order valence-electron chi connectivity index (χ4n) is 1.79. The van der Waals surface area contributed by atoms with Gasteiger partial charge in [0.05, 0.1) is 16.1 Å². The lowest BCUT2D eigenvalue weighted by Crippen LogP contribution is -2.29. The lowest BCUT2D eigenvalue weighted by atomic mass is 10.1. The van der Waals surface area contributed by atoms with E-state index in [1.165, 1.54) is 12.1 Å². The topological polar surface area (TPSA) is 66.4 Å². The maximum atomic E-state index is 12.2. The van der Waals surface area contributed by atoms with Gasteiger partial charge in [-0.1, -0.05) is 59.6 Å². The standard InChI is InChI=1S/C14H13Cl2NO3S/c15-11-7-4-8-12(16)14(11)21(19,20)17-9-13(18)10-5-2-1-3-6-10/h1-8,13,17-18H,9H2. The van der Waals surface area contributed by atoms with Crippen LogP contribution in [-0.2, 0) is 10.0 Å². The smallest absolute Gasteiger partial charge is 0.243 e. The van der Waals surface area contributed by atoms with Gasteiger partial charge in [0.2, 0.25) is 10.0 Å². The Kier molecular flexibility index (Phi) is 5.24. The summed E-state index contributed by atoms with van der Waals surface area (Å²) in [5.74, 6) is 0. The molecule has 0 spiro atoms. The lowest BCUT2D eigenvalue weighted by molar-refractivity contribution is 0.182. The zero-order valence-electron chi connectivity index (χ0n) is 10.8. The van der Waals surface area contributed by atoms with Crippen molar-refractivity contribution in [3.63, 3.8) is 0 Å². The van der Waals surface area contributed by atoms with Crippen LogP contribution in [-0.4, -0.2) is 20.1 Å². The molecule has 1 atom stereocenters. The molecule has 0 fully saturated rings. The highest BCUT2D eigenvalue weighted by Gasteiger charge is 2.22. The van der Waals surface area contributed by atoms with Gasteiger partial charge in [0.1, 0.15) is 4.90 Å². The normalized spacial score (nSPS) is 13.1. The van der Waals surface area contributed by atoms with Crippen molar-refractivity contribution in [3.05, 3.63) is 64.1 Å². The van der Waals surface area contributed by atoms with Crippen LogP contribution in [0.25, 0.3) is 0 Å². The van der Waals surface area contributed by atoms with Crippen LogP contribution in [0.3, 0.4) is 0 Å². The van der Waals surface area contributed by atoms with Crippen LogP contribution in [0.4, 0.5) is 0 Å². The molecule has 0 aromatic heterocycles. The second kappa shape index (κ2) is 6.77. The molecule has 2 aromatic rings. The van der Waals surface area contributed by atoms with E-state index in [2.05, 4.69) is 4.72 Å². The first-order chi connectivity index (χ1) is 9.92. The summed E-state index contributed by atoms with van der Waals surface area (Å²) >= 11 is 11.8. The second-order valence-electron chi connectivity index (χ2n) is 4.33. The number of nitrogens with one attached hydrogen (secondary N) is 1. The molecule has 1 unspecified atom stereocenters. The minimum atomic E-state index is -3.90. The van der Waals surface area contributed by atoms with Gasteiger partial charge in [-0.15, -0.1) is 0 Å². The van der Waals surface area contributed by atoms with Crippen LogP contribution >= 0.6 is 23.2 Å². The molecule has 0 aliphatic heterocycles. The fraction of sp³-hybridized carbons (Fsp3) is 0.143. The summed E-state index contributed by atoms with van der Waals surface area (Å²) in [5, 5.41) is 10.0. The van der Waals surface area contributed by atoms with E-state index in [9.17, 15) is 13.5 Å². The van der Waals surface area contributed by atoms with Crippen molar-refractivity contribution in [1.29, 1.82) is 0 Å². The van der Waals surface area contributed by atoms with E-state index < -0.39 is 16.1 Å². The number of hydrogen-bond acceptors (Lipinski definition) is 3. The molecule has 112 valence electrons. The molecule has 2 rings (SSSR count). The zero-order valence-corrected chi connectivity index (χ0v) is 13.2. The van der Waals surface area contributed by atoms with Gasteiger partial charge < -0.3 is 5.11 Å². The van der Waals surface area contributed by atoms with Crippen molar-refractivity contribution in [2.24, 2.45) is 0 Å². The van der Waals surface area contributed by atoms with Gasteiger partial charge in [0.25, 0.3) is 0 Å². The van der Waals surface area contributed by atoms with Gasteiger partial charge in [0.15, 0.2) is 0 Å². The average Bonchev–Trinajstić information content (AvgIpc) is 2.45. The largest absolute Gasteiger partial charge is 0.387 e. The maximum absolute atomic E-state index is 12.2. The lowest BCUT2D eigenvalue weighted by Gasteiger charge is -2.14. The first-order valence-electron chi connectivity index (χ1n) is 6.08. The highest BCUT2D eigenvalue weighted by molar-refractivity contribution is 7.89. The highest BCUT2D eigenvalue weighted by Crippen LogP contribution is 2.28. The molecule has 2 aromatic carbocycles. The molecule has 0 radical (unpaired) electrons. The third-order valence-electron chi connectivity index (χ3n) is 2.84. The van der Waals surface area contributed by atoms with Gasteiger partial charge in [-0.3, -0.25) is 0 Å². The van der Waals surface area contributed by atoms with Crippen LogP contribution in [0.5, 0.6) is 0 Å². The Morgan fingerprint density at radius 2 is 1.57 bits per heavy atom. The van der Waals surface area contributed by atoms with Gasteiger partial charge in [-0.25, -0.2) is 13.1 Å². The molecule has 21 heavy (non-hydrogen) atoms. The summed E-state index contributed by atoms with van der Waals surface area (Å²) in [6.07, 6.45) is -0.956. The van der Waals surface area contributed by atoms with Crippen molar-refractivity contribution >= 4 is 33.2 Å². The summed E-state index contributed by atoms with van der Waals surface area (Å²) in [4.78, 5) is -0.186. The number of benzene rings is 2. The third-order valence-corrected chi connectivity index (χ3v) is 5.22. The minimum absolute atomic E-state index is 0.0317. The third kappa shape index (κ3) is 3.96. The molecular weight excluding hydrogens is 333 g/mol. The summed E-state index contributed by atoms with van der Waals surface area (Å²) < 4.78 is 26.7. The first-order valence-corrected chi connectivity index (χ1v) is 8.32. The Balaban J connectivity index is 2.16. The highest BCUT2D eigenvalue weighted by atomic mass is 35.5. The van der Waals surface area contributed by atoms with Crippen molar-refractivity contribution < 1.29 is 13.5 Å². The van der Waals surface area contributed by atoms with Gasteiger partial charge >= 0.3 is 0 Å². The Labute approximate surface area is 133 Å². The summed E-state index contributed by atoms with van der Waals surface area (Å²) in [6.45, 7) is -0.173. The van der Waals surface area contributed by atoms with Crippen LogP contribution in [0.2, 0.25) is 10.0 Å². The number of aliphatic hydroxyl groups is 1. The van der Waals surface area contributed by atoms with E-state index >= 15 is 0 Å². The zero-order chi connectivity index (χ0) is 15.5. The van der Waals surface area contributed by atoms with Gasteiger partial charge in [0, 0.05) is 6.54 Å².